The lowest BCUT2D eigenvalue weighted by molar-refractivity contribution is 0.0948. The number of amides is 1. The minimum atomic E-state index is -0.551. The Kier molecular flexibility index (Phi) is 8.47. The molecule has 2 aromatic rings. The van der Waals surface area contributed by atoms with Gasteiger partial charge in [-0.05, 0) is 56.8 Å². The maximum atomic E-state index is 12.3. The Labute approximate surface area is 200 Å². The number of aromatic amines is 1. The first-order valence-corrected chi connectivity index (χ1v) is 11.3. The number of nitrogens with one attached hydrogen (secondary N) is 2. The fraction of sp³-hybridized carbons (Fsp3) is 0.320. The Morgan fingerprint density at radius 2 is 2.03 bits per heavy atom. The SMILES string of the molecule is C\C(=C/C=C(\C=C\Cl)N1CCN(C)CC1)c1cc(-c2cccc(C(=O)NC(C)C#N)c2)[nH]n1. The highest BCUT2D eigenvalue weighted by atomic mass is 35.5. The van der Waals surface area contributed by atoms with Crippen LogP contribution in [0.3, 0.4) is 0 Å². The molecule has 172 valence electrons. The summed E-state index contributed by atoms with van der Waals surface area (Å²) in [6.45, 7) is 7.61. The average Bonchev–Trinajstić information content (AvgIpc) is 3.33. The first kappa shape index (κ1) is 24.3. The van der Waals surface area contributed by atoms with E-state index in [4.69, 9.17) is 16.9 Å². The molecule has 1 saturated heterocycles. The summed E-state index contributed by atoms with van der Waals surface area (Å²) in [4.78, 5) is 17.0. The van der Waals surface area contributed by atoms with Gasteiger partial charge in [0.15, 0.2) is 0 Å². The predicted molar refractivity (Wildman–Crippen MR) is 132 cm³/mol. The molecule has 2 N–H and O–H groups in total. The number of aromatic nitrogens is 2. The number of halogens is 1. The summed E-state index contributed by atoms with van der Waals surface area (Å²) in [6, 6.07) is 10.6. The topological polar surface area (TPSA) is 88.0 Å². The lowest BCUT2D eigenvalue weighted by Crippen LogP contribution is -2.43. The van der Waals surface area contributed by atoms with E-state index in [-0.39, 0.29) is 5.91 Å². The normalized spacial score (nSPS) is 16.6. The van der Waals surface area contributed by atoms with E-state index in [9.17, 15) is 4.79 Å². The monoisotopic (exact) mass is 464 g/mol. The van der Waals surface area contributed by atoms with Crippen molar-refractivity contribution >= 4 is 23.1 Å². The quantitative estimate of drug-likeness (QED) is 0.604. The van der Waals surface area contributed by atoms with Gasteiger partial charge in [-0.3, -0.25) is 9.89 Å². The first-order chi connectivity index (χ1) is 15.9. The second kappa shape index (κ2) is 11.5. The third-order valence-electron chi connectivity index (χ3n) is 5.57. The molecule has 1 atom stereocenters. The number of allylic oxidation sites excluding steroid dienone is 4. The third kappa shape index (κ3) is 6.58. The number of piperazine rings is 1. The molecule has 1 aromatic carbocycles. The lowest BCUT2D eigenvalue weighted by Gasteiger charge is -2.34. The molecule has 0 radical (unpaired) electrons. The zero-order valence-electron chi connectivity index (χ0n) is 19.2. The lowest BCUT2D eigenvalue weighted by atomic mass is 10.1. The van der Waals surface area contributed by atoms with Gasteiger partial charge in [0.2, 0.25) is 0 Å². The van der Waals surface area contributed by atoms with Gasteiger partial charge in [-0.25, -0.2) is 0 Å². The molecule has 1 aliphatic rings. The second-order valence-corrected chi connectivity index (χ2v) is 8.35. The summed E-state index contributed by atoms with van der Waals surface area (Å²) in [5.41, 5.74) is 6.58. The van der Waals surface area contributed by atoms with E-state index in [2.05, 4.69) is 38.4 Å². The number of hydrogen-bond donors (Lipinski definition) is 2. The van der Waals surface area contributed by atoms with Crippen LogP contribution < -0.4 is 5.32 Å². The summed E-state index contributed by atoms with van der Waals surface area (Å²) in [5, 5.41) is 19.1. The van der Waals surface area contributed by atoms with E-state index in [0.717, 1.165) is 54.4 Å². The van der Waals surface area contributed by atoms with Crippen LogP contribution in [0.2, 0.25) is 0 Å². The van der Waals surface area contributed by atoms with Crippen molar-refractivity contribution in [1.82, 2.24) is 25.3 Å². The van der Waals surface area contributed by atoms with Crippen molar-refractivity contribution in [3.05, 3.63) is 71.0 Å². The van der Waals surface area contributed by atoms with Gasteiger partial charge in [0.1, 0.15) is 6.04 Å². The van der Waals surface area contributed by atoms with Crippen LogP contribution in [0.5, 0.6) is 0 Å². The number of H-pyrrole nitrogens is 1. The highest BCUT2D eigenvalue weighted by Crippen LogP contribution is 2.23. The van der Waals surface area contributed by atoms with Crippen LogP contribution in [0.1, 0.15) is 29.9 Å². The van der Waals surface area contributed by atoms with Crippen molar-refractivity contribution in [2.75, 3.05) is 33.2 Å². The Hall–Kier alpha value is -3.34. The van der Waals surface area contributed by atoms with Crippen molar-refractivity contribution < 1.29 is 4.79 Å². The standard InChI is InChI=1S/C25H29ClN6O/c1-18(7-8-22(9-10-26)32-13-11-31(3)12-14-32)23-16-24(30-29-23)20-5-4-6-21(15-20)25(33)28-19(2)17-27/h4-10,15-16,19H,11-14H2,1-3H3,(H,28,33)(H,29,30)/b10-9+,18-7+,22-8+. The van der Waals surface area contributed by atoms with E-state index >= 15 is 0 Å². The van der Waals surface area contributed by atoms with Crippen molar-refractivity contribution in [2.24, 2.45) is 0 Å². The molecule has 0 spiro atoms. The van der Waals surface area contributed by atoms with Crippen molar-refractivity contribution in [2.45, 2.75) is 19.9 Å². The second-order valence-electron chi connectivity index (χ2n) is 8.10. The van der Waals surface area contributed by atoms with Gasteiger partial charge < -0.3 is 15.1 Å². The number of hydrogen-bond acceptors (Lipinski definition) is 5. The molecule has 0 saturated carbocycles. The average molecular weight is 465 g/mol. The van der Waals surface area contributed by atoms with Gasteiger partial charge in [-0.1, -0.05) is 29.8 Å². The van der Waals surface area contributed by atoms with E-state index in [1.54, 1.807) is 24.6 Å². The van der Waals surface area contributed by atoms with Crippen LogP contribution in [0, 0.1) is 11.3 Å². The van der Waals surface area contributed by atoms with Crippen LogP contribution in [0.4, 0.5) is 0 Å². The van der Waals surface area contributed by atoms with Crippen molar-refractivity contribution in [1.29, 1.82) is 5.26 Å². The highest BCUT2D eigenvalue weighted by molar-refractivity contribution is 6.25. The molecule has 1 fully saturated rings. The van der Waals surface area contributed by atoms with Crippen LogP contribution in [0.25, 0.3) is 16.8 Å². The van der Waals surface area contributed by atoms with Crippen LogP contribution >= 0.6 is 11.6 Å². The van der Waals surface area contributed by atoms with Crippen LogP contribution in [-0.2, 0) is 0 Å². The van der Waals surface area contributed by atoms with E-state index in [1.165, 1.54) is 0 Å². The molecule has 1 aromatic heterocycles. The molecule has 1 unspecified atom stereocenters. The predicted octanol–water partition coefficient (Wildman–Crippen LogP) is 4.01. The maximum absolute atomic E-state index is 12.3. The minimum Gasteiger partial charge on any atom is -0.369 e. The molecular weight excluding hydrogens is 436 g/mol. The molecule has 2 heterocycles. The molecule has 0 bridgehead atoms. The summed E-state index contributed by atoms with van der Waals surface area (Å²) in [7, 11) is 2.13. The molecule has 8 heteroatoms. The van der Waals surface area contributed by atoms with Gasteiger partial charge in [0.05, 0.1) is 17.5 Å². The number of benzene rings is 1. The Morgan fingerprint density at radius 3 is 2.73 bits per heavy atom. The van der Waals surface area contributed by atoms with Gasteiger partial charge in [-0.15, -0.1) is 0 Å². The molecular formula is C25H29ClN6O. The number of nitriles is 1. The van der Waals surface area contributed by atoms with E-state index in [0.29, 0.717) is 5.56 Å². The largest absolute Gasteiger partial charge is 0.369 e. The molecule has 33 heavy (non-hydrogen) atoms. The van der Waals surface area contributed by atoms with Crippen LogP contribution in [-0.4, -0.2) is 65.2 Å². The first-order valence-electron chi connectivity index (χ1n) is 10.9. The number of carbonyl (C=O) groups excluding carboxylic acids is 1. The molecule has 7 nitrogen and oxygen atoms in total. The van der Waals surface area contributed by atoms with Crippen molar-refractivity contribution in [3.63, 3.8) is 0 Å². The smallest absolute Gasteiger partial charge is 0.252 e. The van der Waals surface area contributed by atoms with Gasteiger partial charge >= 0.3 is 0 Å². The zero-order chi connectivity index (χ0) is 23.8. The number of rotatable bonds is 7. The Balaban J connectivity index is 1.77. The molecule has 0 aliphatic carbocycles. The van der Waals surface area contributed by atoms with E-state index < -0.39 is 6.04 Å². The minimum absolute atomic E-state index is 0.282. The molecule has 3 rings (SSSR count). The summed E-state index contributed by atoms with van der Waals surface area (Å²) in [6.07, 6.45) is 6.02. The molecule has 1 amide bonds. The fourth-order valence-electron chi connectivity index (χ4n) is 3.50. The summed E-state index contributed by atoms with van der Waals surface area (Å²) in [5.74, 6) is -0.282. The fourth-order valence-corrected chi connectivity index (χ4v) is 3.63. The number of carbonyl (C=O) groups is 1. The van der Waals surface area contributed by atoms with Crippen LogP contribution in [0.15, 0.2) is 59.8 Å². The van der Waals surface area contributed by atoms with Gasteiger partial charge in [-0.2, -0.15) is 10.4 Å². The highest BCUT2D eigenvalue weighted by Gasteiger charge is 2.15. The Bertz CT molecular complexity index is 1100. The maximum Gasteiger partial charge on any atom is 0.252 e. The van der Waals surface area contributed by atoms with Gasteiger partial charge in [0, 0.05) is 48.5 Å². The van der Waals surface area contributed by atoms with Crippen molar-refractivity contribution in [3.8, 4) is 17.3 Å². The van der Waals surface area contributed by atoms with Gasteiger partial charge in [0.25, 0.3) is 5.91 Å². The Morgan fingerprint density at radius 1 is 1.27 bits per heavy atom. The third-order valence-corrected chi connectivity index (χ3v) is 5.69. The molecule has 1 aliphatic heterocycles. The summed E-state index contributed by atoms with van der Waals surface area (Å²) >= 11 is 5.88. The zero-order valence-corrected chi connectivity index (χ0v) is 19.9. The number of likely N-dealkylation sites (N-methyl/N-ethyl adjacent to an activating group) is 1. The number of nitrogens with zero attached hydrogens (tertiary/aromatic N) is 4. The summed E-state index contributed by atoms with van der Waals surface area (Å²) < 4.78 is 0. The van der Waals surface area contributed by atoms with E-state index in [1.807, 2.05) is 43.3 Å².